The number of anilines is 1. The Kier molecular flexibility index (Phi) is 6.07. The van der Waals surface area contributed by atoms with Gasteiger partial charge in [0.2, 0.25) is 0 Å². The first kappa shape index (κ1) is 22.5. The van der Waals surface area contributed by atoms with E-state index in [-0.39, 0.29) is 16.8 Å². The fourth-order valence-electron chi connectivity index (χ4n) is 4.53. The van der Waals surface area contributed by atoms with Crippen LogP contribution in [0, 0.1) is 5.41 Å². The smallest absolute Gasteiger partial charge is 0.257 e. The topological polar surface area (TPSA) is 93.3 Å². The predicted molar refractivity (Wildman–Crippen MR) is 126 cm³/mol. The number of methoxy groups -OCH3 is 2. The van der Waals surface area contributed by atoms with E-state index >= 15 is 0 Å². The molecular weight excluding hydrogens is 426 g/mol. The highest BCUT2D eigenvalue weighted by molar-refractivity contribution is 7.99. The van der Waals surface area contributed by atoms with Crippen LogP contribution in [0.15, 0.2) is 39.4 Å². The van der Waals surface area contributed by atoms with E-state index in [4.69, 9.17) is 14.5 Å². The molecule has 0 spiro atoms. The van der Waals surface area contributed by atoms with Crippen LogP contribution in [0.3, 0.4) is 0 Å². The van der Waals surface area contributed by atoms with Crippen molar-refractivity contribution in [1.29, 1.82) is 0 Å². The predicted octanol–water partition coefficient (Wildman–Crippen LogP) is 4.49. The van der Waals surface area contributed by atoms with Crippen molar-refractivity contribution in [3.8, 4) is 11.5 Å². The van der Waals surface area contributed by atoms with Gasteiger partial charge in [-0.3, -0.25) is 9.59 Å². The maximum atomic E-state index is 13.3. The summed E-state index contributed by atoms with van der Waals surface area (Å²) in [5, 5.41) is 3.93. The number of aromatic nitrogens is 2. The normalized spacial score (nSPS) is 19.2. The average Bonchev–Trinajstić information content (AvgIpc) is 2.74. The number of nitrogens with one attached hydrogen (secondary N) is 2. The van der Waals surface area contributed by atoms with E-state index in [1.165, 1.54) is 11.8 Å². The molecule has 8 heteroatoms. The first-order chi connectivity index (χ1) is 15.3. The number of carbonyl (C=O) groups excluding carboxylic acids is 1. The Hall–Kier alpha value is -2.74. The Balaban J connectivity index is 1.93. The summed E-state index contributed by atoms with van der Waals surface area (Å²) in [5.41, 5.74) is 2.36. The molecule has 0 unspecified atom stereocenters. The second-order valence-corrected chi connectivity index (χ2v) is 10.1. The average molecular weight is 456 g/mol. The van der Waals surface area contributed by atoms with Gasteiger partial charge in [0.15, 0.2) is 22.4 Å². The Morgan fingerprint density at radius 2 is 1.91 bits per heavy atom. The summed E-state index contributed by atoms with van der Waals surface area (Å²) in [6, 6.07) is 5.54. The highest BCUT2D eigenvalue weighted by Crippen LogP contribution is 2.48. The van der Waals surface area contributed by atoms with Crippen LogP contribution in [0.4, 0.5) is 5.82 Å². The zero-order chi connectivity index (χ0) is 23.0. The van der Waals surface area contributed by atoms with Crippen LogP contribution in [0.2, 0.25) is 0 Å². The molecule has 32 heavy (non-hydrogen) atoms. The number of allylic oxidation sites excluding steroid dienone is 2. The van der Waals surface area contributed by atoms with Gasteiger partial charge < -0.3 is 19.8 Å². The molecule has 1 aliphatic heterocycles. The molecule has 1 aromatic carbocycles. The number of thioether (sulfide) groups is 1. The van der Waals surface area contributed by atoms with E-state index in [1.54, 1.807) is 20.3 Å². The maximum absolute atomic E-state index is 13.3. The number of fused-ring (bicyclic) bond motifs is 1. The zero-order valence-electron chi connectivity index (χ0n) is 19.1. The molecule has 4 rings (SSSR count). The van der Waals surface area contributed by atoms with Gasteiger partial charge in [0, 0.05) is 29.4 Å². The molecule has 170 valence electrons. The third-order valence-corrected chi connectivity index (χ3v) is 6.96. The summed E-state index contributed by atoms with van der Waals surface area (Å²) in [4.78, 5) is 34.3. The van der Waals surface area contributed by atoms with Crippen molar-refractivity contribution in [2.45, 2.75) is 51.1 Å². The lowest BCUT2D eigenvalue weighted by atomic mass is 9.69. The molecule has 0 fully saturated rings. The van der Waals surface area contributed by atoms with E-state index in [0.29, 0.717) is 46.5 Å². The molecule has 2 heterocycles. The molecule has 0 saturated carbocycles. The number of hydrogen-bond donors (Lipinski definition) is 2. The Morgan fingerprint density at radius 3 is 2.59 bits per heavy atom. The molecule has 1 aromatic heterocycles. The summed E-state index contributed by atoms with van der Waals surface area (Å²) in [6.07, 6.45) is 2.12. The number of nitrogens with zero attached hydrogens (tertiary/aromatic N) is 1. The van der Waals surface area contributed by atoms with Gasteiger partial charge in [0.05, 0.1) is 19.8 Å². The molecule has 7 nitrogen and oxygen atoms in total. The minimum absolute atomic E-state index is 0.0537. The second-order valence-electron chi connectivity index (χ2n) is 8.99. The van der Waals surface area contributed by atoms with Crippen LogP contribution in [-0.4, -0.2) is 35.7 Å². The summed E-state index contributed by atoms with van der Waals surface area (Å²) in [7, 11) is 3.15. The van der Waals surface area contributed by atoms with Crippen molar-refractivity contribution in [3.05, 3.63) is 50.9 Å². The SMILES string of the molecule is CCCSc1nc2c(c(=O)[nH]1)[C@@H](c1ccc(OC)c(OC)c1)C1=C(CC(C)(C)CC1=O)N2. The third-order valence-electron chi connectivity index (χ3n) is 5.88. The van der Waals surface area contributed by atoms with E-state index < -0.39 is 5.92 Å². The van der Waals surface area contributed by atoms with Crippen LogP contribution in [-0.2, 0) is 4.79 Å². The number of rotatable bonds is 6. The van der Waals surface area contributed by atoms with Crippen molar-refractivity contribution < 1.29 is 14.3 Å². The van der Waals surface area contributed by atoms with Gasteiger partial charge in [-0.25, -0.2) is 4.98 Å². The highest BCUT2D eigenvalue weighted by atomic mass is 32.2. The zero-order valence-corrected chi connectivity index (χ0v) is 19.9. The summed E-state index contributed by atoms with van der Waals surface area (Å²) < 4.78 is 10.9. The molecular formula is C24H29N3O4S. The second kappa shape index (κ2) is 8.65. The quantitative estimate of drug-likeness (QED) is 0.490. The van der Waals surface area contributed by atoms with Crippen molar-refractivity contribution in [1.82, 2.24) is 9.97 Å². The number of benzene rings is 1. The van der Waals surface area contributed by atoms with Crippen molar-refractivity contribution >= 4 is 23.4 Å². The van der Waals surface area contributed by atoms with Gasteiger partial charge >= 0.3 is 0 Å². The first-order valence-corrected chi connectivity index (χ1v) is 11.8. The molecule has 0 radical (unpaired) electrons. The van der Waals surface area contributed by atoms with E-state index in [1.807, 2.05) is 12.1 Å². The molecule has 0 bridgehead atoms. The number of H-pyrrole nitrogens is 1. The largest absolute Gasteiger partial charge is 0.493 e. The lowest BCUT2D eigenvalue weighted by Crippen LogP contribution is -2.37. The minimum Gasteiger partial charge on any atom is -0.493 e. The first-order valence-electron chi connectivity index (χ1n) is 10.8. The standard InChI is InChI=1S/C24H29N3O4S/c1-6-9-32-23-26-21-20(22(29)27-23)18(13-7-8-16(30-4)17(10-13)31-5)19-14(25-21)11-24(2,3)12-15(19)28/h7-8,10,18H,6,9,11-12H2,1-5H3,(H2,25,26,27,29)/t18-/m0/s1. The monoisotopic (exact) mass is 455 g/mol. The highest BCUT2D eigenvalue weighted by Gasteiger charge is 2.42. The lowest BCUT2D eigenvalue weighted by molar-refractivity contribution is -0.118. The van der Waals surface area contributed by atoms with Crippen molar-refractivity contribution in [2.24, 2.45) is 5.41 Å². The molecule has 2 N–H and O–H groups in total. The molecule has 1 aliphatic carbocycles. The maximum Gasteiger partial charge on any atom is 0.257 e. The Labute approximate surface area is 192 Å². The fourth-order valence-corrected chi connectivity index (χ4v) is 5.24. The van der Waals surface area contributed by atoms with Gasteiger partial charge in [-0.15, -0.1) is 0 Å². The van der Waals surface area contributed by atoms with Gasteiger partial charge in [0.25, 0.3) is 5.56 Å². The molecule has 2 aliphatic rings. The lowest BCUT2D eigenvalue weighted by Gasteiger charge is -2.38. The molecule has 0 saturated heterocycles. The van der Waals surface area contributed by atoms with Gasteiger partial charge in [-0.1, -0.05) is 38.6 Å². The van der Waals surface area contributed by atoms with Gasteiger partial charge in [-0.05, 0) is 36.0 Å². The molecule has 0 amide bonds. The number of hydrogen-bond acceptors (Lipinski definition) is 7. The van der Waals surface area contributed by atoms with Crippen LogP contribution in [0.5, 0.6) is 11.5 Å². The van der Waals surface area contributed by atoms with E-state index in [9.17, 15) is 9.59 Å². The number of aromatic amines is 1. The minimum atomic E-state index is -0.522. The Bertz CT molecular complexity index is 1150. The van der Waals surface area contributed by atoms with Crippen LogP contribution >= 0.6 is 11.8 Å². The van der Waals surface area contributed by atoms with Gasteiger partial charge in [-0.2, -0.15) is 0 Å². The number of Topliss-reactive ketones (excluding diaryl/α,β-unsaturated/α-hetero) is 1. The number of ether oxygens (including phenoxy) is 2. The van der Waals surface area contributed by atoms with Gasteiger partial charge in [0.1, 0.15) is 5.82 Å². The van der Waals surface area contributed by atoms with E-state index in [0.717, 1.165) is 23.4 Å². The third kappa shape index (κ3) is 4.03. The van der Waals surface area contributed by atoms with Crippen LogP contribution in [0.1, 0.15) is 57.1 Å². The van der Waals surface area contributed by atoms with Crippen molar-refractivity contribution in [2.75, 3.05) is 25.3 Å². The summed E-state index contributed by atoms with van der Waals surface area (Å²) in [5.74, 6) is 2.06. The molecule has 2 aromatic rings. The molecule has 1 atom stereocenters. The van der Waals surface area contributed by atoms with Crippen molar-refractivity contribution in [3.63, 3.8) is 0 Å². The summed E-state index contributed by atoms with van der Waals surface area (Å²) >= 11 is 1.52. The summed E-state index contributed by atoms with van der Waals surface area (Å²) in [6.45, 7) is 6.26. The Morgan fingerprint density at radius 1 is 1.16 bits per heavy atom. The number of ketones is 1. The van der Waals surface area contributed by atoms with Crippen LogP contribution < -0.4 is 20.3 Å². The fraction of sp³-hybridized carbons (Fsp3) is 0.458. The van der Waals surface area contributed by atoms with E-state index in [2.05, 4.69) is 31.1 Å². The number of carbonyl (C=O) groups is 1. The van der Waals surface area contributed by atoms with Crippen LogP contribution in [0.25, 0.3) is 0 Å².